The number of ether oxygens (including phenoxy) is 1. The fourth-order valence-corrected chi connectivity index (χ4v) is 4.13. The van der Waals surface area contributed by atoms with Gasteiger partial charge in [-0.3, -0.25) is 0 Å². The Morgan fingerprint density at radius 2 is 2.00 bits per heavy atom. The van der Waals surface area contributed by atoms with Crippen molar-refractivity contribution in [1.29, 1.82) is 0 Å². The molecular formula is C17H20N2O3S. The van der Waals surface area contributed by atoms with E-state index in [4.69, 9.17) is 4.74 Å². The van der Waals surface area contributed by atoms with Gasteiger partial charge in [-0.2, -0.15) is 4.31 Å². The molecule has 0 N–H and O–H groups in total. The van der Waals surface area contributed by atoms with Crippen LogP contribution in [0.4, 0.5) is 0 Å². The molecule has 1 aliphatic heterocycles. The molecule has 1 atom stereocenters. The Morgan fingerprint density at radius 3 is 2.65 bits per heavy atom. The van der Waals surface area contributed by atoms with Crippen molar-refractivity contribution in [1.82, 2.24) is 9.29 Å². The summed E-state index contributed by atoms with van der Waals surface area (Å²) in [7, 11) is -3.46. The number of hydrogen-bond donors (Lipinski definition) is 0. The van der Waals surface area contributed by atoms with Gasteiger partial charge < -0.3 is 4.74 Å². The third kappa shape index (κ3) is 3.54. The molecule has 1 aromatic heterocycles. The second-order valence-corrected chi connectivity index (χ2v) is 7.50. The van der Waals surface area contributed by atoms with Crippen molar-refractivity contribution in [3.63, 3.8) is 0 Å². The zero-order chi connectivity index (χ0) is 16.3. The number of nitrogens with zero attached hydrogens (tertiary/aromatic N) is 2. The molecule has 1 saturated heterocycles. The summed E-state index contributed by atoms with van der Waals surface area (Å²) in [5, 5.41) is 0. The first kappa shape index (κ1) is 16.0. The van der Waals surface area contributed by atoms with E-state index in [0.29, 0.717) is 30.3 Å². The Morgan fingerprint density at radius 1 is 1.22 bits per heavy atom. The van der Waals surface area contributed by atoms with Gasteiger partial charge in [0.25, 0.3) is 0 Å². The molecule has 0 saturated carbocycles. The summed E-state index contributed by atoms with van der Waals surface area (Å²) in [5.74, 6) is 0.532. The summed E-state index contributed by atoms with van der Waals surface area (Å²) >= 11 is 0. The van der Waals surface area contributed by atoms with Gasteiger partial charge in [0.05, 0.1) is 11.4 Å². The Balaban J connectivity index is 1.69. The standard InChI is InChI=1S/C17H20N2O3S/c1-2-14-6-8-16(9-7-14)23(20,21)19-12-10-15(13-19)22-17-5-3-4-11-18-17/h3-9,11,15H,2,10,12-13H2,1H3. The maximum Gasteiger partial charge on any atom is 0.243 e. The third-order valence-electron chi connectivity index (χ3n) is 4.00. The van der Waals surface area contributed by atoms with Crippen LogP contribution < -0.4 is 4.74 Å². The van der Waals surface area contributed by atoms with Crippen LogP contribution in [-0.4, -0.2) is 36.9 Å². The van der Waals surface area contributed by atoms with E-state index in [1.807, 2.05) is 31.2 Å². The molecular weight excluding hydrogens is 312 g/mol. The van der Waals surface area contributed by atoms with E-state index in [0.717, 1.165) is 12.0 Å². The highest BCUT2D eigenvalue weighted by Gasteiger charge is 2.33. The molecule has 1 unspecified atom stereocenters. The van der Waals surface area contributed by atoms with E-state index >= 15 is 0 Å². The van der Waals surface area contributed by atoms with E-state index < -0.39 is 10.0 Å². The molecule has 122 valence electrons. The van der Waals surface area contributed by atoms with Gasteiger partial charge in [-0.25, -0.2) is 13.4 Å². The molecule has 3 rings (SSSR count). The monoisotopic (exact) mass is 332 g/mol. The lowest BCUT2D eigenvalue weighted by molar-refractivity contribution is 0.207. The first-order valence-corrected chi connectivity index (χ1v) is 9.20. The summed E-state index contributed by atoms with van der Waals surface area (Å²) in [6.07, 6.45) is 3.07. The van der Waals surface area contributed by atoms with E-state index in [2.05, 4.69) is 4.98 Å². The largest absolute Gasteiger partial charge is 0.473 e. The first-order valence-electron chi connectivity index (χ1n) is 7.76. The minimum Gasteiger partial charge on any atom is -0.473 e. The lowest BCUT2D eigenvalue weighted by Crippen LogP contribution is -2.31. The second kappa shape index (κ2) is 6.68. The summed E-state index contributed by atoms with van der Waals surface area (Å²) in [6, 6.07) is 12.5. The molecule has 2 aromatic rings. The van der Waals surface area contributed by atoms with Gasteiger partial charge in [-0.15, -0.1) is 0 Å². The molecule has 0 radical (unpaired) electrons. The molecule has 0 spiro atoms. The van der Waals surface area contributed by atoms with Gasteiger partial charge >= 0.3 is 0 Å². The van der Waals surface area contributed by atoms with E-state index in [9.17, 15) is 8.42 Å². The number of benzene rings is 1. The zero-order valence-corrected chi connectivity index (χ0v) is 13.9. The summed E-state index contributed by atoms with van der Waals surface area (Å²) < 4.78 is 32.6. The predicted molar refractivity (Wildman–Crippen MR) is 87.8 cm³/mol. The molecule has 5 nitrogen and oxygen atoms in total. The SMILES string of the molecule is CCc1ccc(S(=O)(=O)N2CCC(Oc3ccccn3)C2)cc1. The van der Waals surface area contributed by atoms with Crippen LogP contribution in [0.3, 0.4) is 0 Å². The molecule has 2 heterocycles. The number of aromatic nitrogens is 1. The Bertz CT molecular complexity index is 745. The van der Waals surface area contributed by atoms with Crippen molar-refractivity contribution in [2.75, 3.05) is 13.1 Å². The average Bonchev–Trinajstić information content (AvgIpc) is 3.05. The van der Waals surface area contributed by atoms with E-state index in [1.54, 1.807) is 24.4 Å². The number of sulfonamides is 1. The van der Waals surface area contributed by atoms with Crippen molar-refractivity contribution >= 4 is 10.0 Å². The Labute approximate surface area is 137 Å². The molecule has 23 heavy (non-hydrogen) atoms. The fourth-order valence-electron chi connectivity index (χ4n) is 2.65. The van der Waals surface area contributed by atoms with Crippen molar-refractivity contribution in [3.8, 4) is 5.88 Å². The van der Waals surface area contributed by atoms with Gasteiger partial charge in [-0.05, 0) is 36.6 Å². The van der Waals surface area contributed by atoms with Crippen molar-refractivity contribution < 1.29 is 13.2 Å². The van der Waals surface area contributed by atoms with Crippen LogP contribution in [0.25, 0.3) is 0 Å². The quantitative estimate of drug-likeness (QED) is 0.844. The lowest BCUT2D eigenvalue weighted by atomic mass is 10.2. The minimum absolute atomic E-state index is 0.158. The maximum absolute atomic E-state index is 12.7. The third-order valence-corrected chi connectivity index (χ3v) is 5.88. The van der Waals surface area contributed by atoms with Crippen LogP contribution in [-0.2, 0) is 16.4 Å². The summed E-state index contributed by atoms with van der Waals surface area (Å²) in [5.41, 5.74) is 1.13. The highest BCUT2D eigenvalue weighted by Crippen LogP contribution is 2.23. The molecule has 1 fully saturated rings. The fraction of sp³-hybridized carbons (Fsp3) is 0.353. The van der Waals surface area contributed by atoms with Crippen LogP contribution in [0.5, 0.6) is 5.88 Å². The zero-order valence-electron chi connectivity index (χ0n) is 13.1. The Kier molecular flexibility index (Phi) is 4.63. The van der Waals surface area contributed by atoms with Gasteiger partial charge in [0, 0.05) is 18.8 Å². The van der Waals surface area contributed by atoms with E-state index in [-0.39, 0.29) is 6.10 Å². The number of rotatable bonds is 5. The summed E-state index contributed by atoms with van der Waals surface area (Å²) in [6.45, 7) is 2.87. The second-order valence-electron chi connectivity index (χ2n) is 5.56. The van der Waals surface area contributed by atoms with Gasteiger partial charge in [0.1, 0.15) is 6.10 Å². The molecule has 1 aromatic carbocycles. The predicted octanol–water partition coefficient (Wildman–Crippen LogP) is 2.49. The van der Waals surface area contributed by atoms with Gasteiger partial charge in [-0.1, -0.05) is 25.1 Å². The van der Waals surface area contributed by atoms with Crippen LogP contribution in [0.1, 0.15) is 18.9 Å². The lowest BCUT2D eigenvalue weighted by Gasteiger charge is -2.17. The molecule has 6 heteroatoms. The van der Waals surface area contributed by atoms with Crippen LogP contribution in [0, 0.1) is 0 Å². The Hall–Kier alpha value is -1.92. The maximum atomic E-state index is 12.7. The minimum atomic E-state index is -3.46. The molecule has 0 aliphatic carbocycles. The number of pyridine rings is 1. The van der Waals surface area contributed by atoms with Crippen LogP contribution in [0.15, 0.2) is 53.6 Å². The normalized spacial score (nSPS) is 18.9. The van der Waals surface area contributed by atoms with Crippen LogP contribution in [0.2, 0.25) is 0 Å². The molecule has 0 amide bonds. The van der Waals surface area contributed by atoms with Crippen molar-refractivity contribution in [3.05, 3.63) is 54.2 Å². The highest BCUT2D eigenvalue weighted by atomic mass is 32.2. The van der Waals surface area contributed by atoms with E-state index in [1.165, 1.54) is 4.31 Å². The number of hydrogen-bond acceptors (Lipinski definition) is 4. The topological polar surface area (TPSA) is 59.5 Å². The van der Waals surface area contributed by atoms with Crippen LogP contribution >= 0.6 is 0 Å². The average molecular weight is 332 g/mol. The molecule has 1 aliphatic rings. The number of aryl methyl sites for hydroxylation is 1. The van der Waals surface area contributed by atoms with Gasteiger partial charge in [0.2, 0.25) is 15.9 Å². The first-order chi connectivity index (χ1) is 11.1. The smallest absolute Gasteiger partial charge is 0.243 e. The molecule has 0 bridgehead atoms. The van der Waals surface area contributed by atoms with Crippen molar-refractivity contribution in [2.45, 2.75) is 30.8 Å². The van der Waals surface area contributed by atoms with Gasteiger partial charge in [0.15, 0.2) is 0 Å². The summed E-state index contributed by atoms with van der Waals surface area (Å²) in [4.78, 5) is 4.46. The van der Waals surface area contributed by atoms with Crippen molar-refractivity contribution in [2.24, 2.45) is 0 Å². The highest BCUT2D eigenvalue weighted by molar-refractivity contribution is 7.89.